The molecule has 1 atom stereocenters. The lowest BCUT2D eigenvalue weighted by molar-refractivity contribution is 0.101. The predicted molar refractivity (Wildman–Crippen MR) is 107 cm³/mol. The summed E-state index contributed by atoms with van der Waals surface area (Å²) in [5, 5.41) is 4.10. The van der Waals surface area contributed by atoms with Gasteiger partial charge in [-0.05, 0) is 43.9 Å². The quantitative estimate of drug-likeness (QED) is 0.574. The molecule has 0 radical (unpaired) electrons. The van der Waals surface area contributed by atoms with Crippen molar-refractivity contribution in [3.8, 4) is 0 Å². The number of aryl methyl sites for hydroxylation is 1. The van der Waals surface area contributed by atoms with Gasteiger partial charge < -0.3 is 4.74 Å². The van der Waals surface area contributed by atoms with Crippen molar-refractivity contribution in [2.75, 3.05) is 11.5 Å². The lowest BCUT2D eigenvalue weighted by atomic mass is 10.1. The Morgan fingerprint density at radius 1 is 1.33 bits per heavy atom. The van der Waals surface area contributed by atoms with Gasteiger partial charge in [0.15, 0.2) is 11.4 Å². The molecule has 4 rings (SSSR count). The second-order valence-electron chi connectivity index (χ2n) is 7.77. The van der Waals surface area contributed by atoms with Gasteiger partial charge in [0, 0.05) is 11.9 Å². The molecule has 1 aliphatic rings. The maximum Gasteiger partial charge on any atom is 0.416 e. The number of hydrogen-bond donors (Lipinski definition) is 0. The van der Waals surface area contributed by atoms with Gasteiger partial charge in [-0.1, -0.05) is 13.8 Å². The first-order valence-corrected chi connectivity index (χ1v) is 9.81. The monoisotopic (exact) mass is 411 g/mol. The number of Topliss-reactive ketones (excluding diaryl/α,β-unsaturated/α-hetero) is 1. The molecule has 1 amide bonds. The number of aromatic nitrogens is 4. The number of ether oxygens (including phenoxy) is 1. The van der Waals surface area contributed by atoms with E-state index in [1.807, 2.05) is 0 Å². The molecule has 4 heterocycles. The number of carbonyl (C=O) groups is 2. The zero-order valence-electron chi connectivity index (χ0n) is 17.0. The van der Waals surface area contributed by atoms with Crippen molar-refractivity contribution in [3.63, 3.8) is 0 Å². The predicted octanol–water partition coefficient (Wildman–Crippen LogP) is 3.75. The van der Waals surface area contributed by atoms with Gasteiger partial charge in [-0.25, -0.2) is 23.6 Å². The molecule has 3 aromatic heterocycles. The summed E-state index contributed by atoms with van der Waals surface area (Å²) in [5.74, 6) is 0.161. The Morgan fingerprint density at radius 2 is 2.13 bits per heavy atom. The fourth-order valence-electron chi connectivity index (χ4n) is 3.44. The number of rotatable bonds is 6. The molecule has 0 aromatic carbocycles. The number of nitrogens with zero attached hydrogens (tertiary/aromatic N) is 5. The van der Waals surface area contributed by atoms with Crippen LogP contribution in [-0.4, -0.2) is 38.1 Å². The zero-order chi connectivity index (χ0) is 21.4. The molecule has 30 heavy (non-hydrogen) atoms. The molecule has 0 N–H and O–H groups in total. The van der Waals surface area contributed by atoms with Crippen molar-refractivity contribution in [2.45, 2.75) is 39.7 Å². The van der Waals surface area contributed by atoms with Crippen molar-refractivity contribution in [3.05, 3.63) is 53.4 Å². The average molecular weight is 411 g/mol. The SMILES string of the molecule is CC(=O)c1cnn2ccc(N3C(=O)OC[C@@H]3c3cc(F)cc(CCC(C)C)n3)nc12. The number of halogens is 1. The van der Waals surface area contributed by atoms with Gasteiger partial charge >= 0.3 is 6.09 Å². The van der Waals surface area contributed by atoms with Gasteiger partial charge in [0.2, 0.25) is 0 Å². The first-order chi connectivity index (χ1) is 14.3. The highest BCUT2D eigenvalue weighted by Crippen LogP contribution is 2.32. The lowest BCUT2D eigenvalue weighted by Gasteiger charge is -2.20. The minimum atomic E-state index is -0.621. The number of carbonyl (C=O) groups excluding carboxylic acids is 2. The maximum absolute atomic E-state index is 14.3. The summed E-state index contributed by atoms with van der Waals surface area (Å²) in [5.41, 5.74) is 1.72. The Hall–Kier alpha value is -3.36. The number of hydrogen-bond acceptors (Lipinski definition) is 6. The number of fused-ring (bicyclic) bond motifs is 1. The van der Waals surface area contributed by atoms with E-state index in [4.69, 9.17) is 4.74 Å². The van der Waals surface area contributed by atoms with E-state index in [1.54, 1.807) is 12.3 Å². The van der Waals surface area contributed by atoms with Gasteiger partial charge in [0.05, 0.1) is 17.5 Å². The number of amides is 1. The molecule has 0 unspecified atom stereocenters. The first-order valence-electron chi connectivity index (χ1n) is 9.81. The molecule has 0 aliphatic carbocycles. The highest BCUT2D eigenvalue weighted by Gasteiger charge is 2.38. The van der Waals surface area contributed by atoms with E-state index in [2.05, 4.69) is 28.9 Å². The second-order valence-corrected chi connectivity index (χ2v) is 7.77. The van der Waals surface area contributed by atoms with Gasteiger partial charge in [0.25, 0.3) is 0 Å². The van der Waals surface area contributed by atoms with Crippen molar-refractivity contribution < 1.29 is 18.7 Å². The fourth-order valence-corrected chi connectivity index (χ4v) is 3.44. The normalized spacial score (nSPS) is 16.5. The minimum Gasteiger partial charge on any atom is -0.446 e. The molecule has 8 nitrogen and oxygen atoms in total. The van der Waals surface area contributed by atoms with E-state index < -0.39 is 18.0 Å². The smallest absolute Gasteiger partial charge is 0.416 e. The van der Waals surface area contributed by atoms with Crippen molar-refractivity contribution in [1.82, 2.24) is 19.6 Å². The molecule has 0 saturated carbocycles. The molecule has 0 bridgehead atoms. The third-order valence-electron chi connectivity index (χ3n) is 5.04. The van der Waals surface area contributed by atoms with Crippen LogP contribution in [0.4, 0.5) is 15.0 Å². The van der Waals surface area contributed by atoms with E-state index in [0.717, 1.165) is 6.42 Å². The Labute approximate surface area is 172 Å². The van der Waals surface area contributed by atoms with Crippen molar-refractivity contribution in [1.29, 1.82) is 0 Å². The van der Waals surface area contributed by atoms with Crippen LogP contribution in [0, 0.1) is 11.7 Å². The summed E-state index contributed by atoms with van der Waals surface area (Å²) in [6, 6.07) is 3.72. The molecule has 3 aromatic rings. The van der Waals surface area contributed by atoms with Crippen LogP contribution in [0.1, 0.15) is 55.0 Å². The van der Waals surface area contributed by atoms with Crippen molar-refractivity contribution >= 4 is 23.3 Å². The van der Waals surface area contributed by atoms with Crippen LogP contribution in [0.2, 0.25) is 0 Å². The van der Waals surface area contributed by atoms with Crippen LogP contribution in [0.25, 0.3) is 5.65 Å². The Balaban J connectivity index is 1.72. The second kappa shape index (κ2) is 7.81. The molecule has 0 spiro atoms. The van der Waals surface area contributed by atoms with Gasteiger partial charge in [0.1, 0.15) is 24.3 Å². The fraction of sp³-hybridized carbons (Fsp3) is 0.381. The third-order valence-corrected chi connectivity index (χ3v) is 5.04. The molecule has 1 fully saturated rings. The zero-order valence-corrected chi connectivity index (χ0v) is 17.0. The topological polar surface area (TPSA) is 89.7 Å². The van der Waals surface area contributed by atoms with Crippen LogP contribution in [0.3, 0.4) is 0 Å². The summed E-state index contributed by atoms with van der Waals surface area (Å²) in [7, 11) is 0. The molecule has 1 aliphatic heterocycles. The maximum atomic E-state index is 14.3. The molecular weight excluding hydrogens is 389 g/mol. The van der Waals surface area contributed by atoms with Crippen LogP contribution in [-0.2, 0) is 11.2 Å². The van der Waals surface area contributed by atoms with Gasteiger partial charge in [-0.3, -0.25) is 9.78 Å². The molecular formula is C21H22FN5O3. The van der Waals surface area contributed by atoms with Crippen LogP contribution < -0.4 is 4.90 Å². The largest absolute Gasteiger partial charge is 0.446 e. The van der Waals surface area contributed by atoms with Crippen LogP contribution in [0.15, 0.2) is 30.6 Å². The summed E-state index contributed by atoms with van der Waals surface area (Å²) in [6.07, 6.45) is 3.97. The average Bonchev–Trinajstić information content (AvgIpc) is 3.29. The highest BCUT2D eigenvalue weighted by molar-refractivity contribution is 6.00. The number of ketones is 1. The summed E-state index contributed by atoms with van der Waals surface area (Å²) in [6.45, 7) is 5.65. The number of pyridine rings is 1. The molecule has 1 saturated heterocycles. The summed E-state index contributed by atoms with van der Waals surface area (Å²) >= 11 is 0. The van der Waals surface area contributed by atoms with E-state index >= 15 is 0 Å². The Morgan fingerprint density at radius 3 is 2.87 bits per heavy atom. The third kappa shape index (κ3) is 3.74. The van der Waals surface area contributed by atoms with Crippen LogP contribution in [0.5, 0.6) is 0 Å². The van der Waals surface area contributed by atoms with Crippen molar-refractivity contribution in [2.24, 2.45) is 5.92 Å². The van der Waals surface area contributed by atoms with Crippen LogP contribution >= 0.6 is 0 Å². The number of anilines is 1. The summed E-state index contributed by atoms with van der Waals surface area (Å²) < 4.78 is 21.0. The van der Waals surface area contributed by atoms with E-state index in [1.165, 1.54) is 34.7 Å². The molecule has 9 heteroatoms. The van der Waals surface area contributed by atoms with E-state index in [9.17, 15) is 14.0 Å². The standard InChI is InChI=1S/C21H22FN5O3/c1-12(2)4-5-15-8-14(22)9-17(24-15)18-11-30-21(29)27(18)19-6-7-26-20(25-19)16(10-23-26)13(3)28/h6-10,12,18H,4-5,11H2,1-3H3/t18-/m1/s1. The van der Waals surface area contributed by atoms with Gasteiger partial charge in [-0.15, -0.1) is 0 Å². The van der Waals surface area contributed by atoms with Gasteiger partial charge in [-0.2, -0.15) is 5.10 Å². The first kappa shape index (κ1) is 19.9. The van der Waals surface area contributed by atoms with E-state index in [-0.39, 0.29) is 18.2 Å². The Kier molecular flexibility index (Phi) is 5.19. The van der Waals surface area contributed by atoms with E-state index in [0.29, 0.717) is 34.9 Å². The number of cyclic esters (lactones) is 1. The molecule has 156 valence electrons. The summed E-state index contributed by atoms with van der Waals surface area (Å²) in [4.78, 5) is 34.7. The highest BCUT2D eigenvalue weighted by atomic mass is 19.1. The minimum absolute atomic E-state index is 0.0323. The Bertz CT molecular complexity index is 1130. The lowest BCUT2D eigenvalue weighted by Crippen LogP contribution is -2.29.